The van der Waals surface area contributed by atoms with Crippen molar-refractivity contribution in [3.63, 3.8) is 0 Å². The lowest BCUT2D eigenvalue weighted by Gasteiger charge is -2.07. The van der Waals surface area contributed by atoms with E-state index in [0.717, 1.165) is 11.3 Å². The van der Waals surface area contributed by atoms with E-state index < -0.39 is 10.0 Å². The van der Waals surface area contributed by atoms with Crippen LogP contribution in [0, 0.1) is 6.92 Å². The van der Waals surface area contributed by atoms with Gasteiger partial charge in [-0.05, 0) is 19.1 Å². The first-order valence-corrected chi connectivity index (χ1v) is 7.08. The van der Waals surface area contributed by atoms with Gasteiger partial charge in [0.05, 0.1) is 11.4 Å². The second kappa shape index (κ2) is 4.98. The maximum atomic E-state index is 12.1. The Balaban J connectivity index is 2.19. The summed E-state index contributed by atoms with van der Waals surface area (Å²) in [5.41, 5.74) is 7.32. The van der Waals surface area contributed by atoms with Gasteiger partial charge in [-0.2, -0.15) is 5.10 Å². The highest BCUT2D eigenvalue weighted by Gasteiger charge is 2.19. The van der Waals surface area contributed by atoms with Gasteiger partial charge in [-0.3, -0.25) is 4.68 Å². The molecule has 0 amide bonds. The van der Waals surface area contributed by atoms with Crippen LogP contribution in [0.4, 0.5) is 5.69 Å². The summed E-state index contributed by atoms with van der Waals surface area (Å²) in [7, 11) is -1.94. The predicted molar refractivity (Wildman–Crippen MR) is 70.6 cm³/mol. The molecule has 0 aliphatic heterocycles. The van der Waals surface area contributed by atoms with Crippen LogP contribution in [-0.4, -0.2) is 23.2 Å². The zero-order valence-electron chi connectivity index (χ0n) is 10.7. The van der Waals surface area contributed by atoms with Crippen molar-refractivity contribution in [2.75, 3.05) is 5.73 Å². The number of nitrogens with two attached hydrogens (primary N) is 1. The largest absolute Gasteiger partial charge is 0.396 e. The molecule has 2 aromatic heterocycles. The van der Waals surface area contributed by atoms with Crippen molar-refractivity contribution in [2.45, 2.75) is 18.5 Å². The van der Waals surface area contributed by atoms with E-state index in [-0.39, 0.29) is 17.3 Å². The first kappa shape index (κ1) is 13.5. The van der Waals surface area contributed by atoms with E-state index >= 15 is 0 Å². The van der Waals surface area contributed by atoms with Gasteiger partial charge in [-0.1, -0.05) is 0 Å². The molecule has 0 atom stereocenters. The van der Waals surface area contributed by atoms with Crippen molar-refractivity contribution in [2.24, 2.45) is 7.05 Å². The van der Waals surface area contributed by atoms with Gasteiger partial charge < -0.3 is 5.73 Å². The Labute approximate surface area is 111 Å². The van der Waals surface area contributed by atoms with Gasteiger partial charge in [0.15, 0.2) is 5.03 Å². The van der Waals surface area contributed by atoms with Crippen molar-refractivity contribution >= 4 is 15.7 Å². The summed E-state index contributed by atoms with van der Waals surface area (Å²) in [5.74, 6) is 0. The molecule has 102 valence electrons. The van der Waals surface area contributed by atoms with Crippen molar-refractivity contribution in [3.8, 4) is 0 Å². The highest BCUT2D eigenvalue weighted by molar-refractivity contribution is 7.89. The SMILES string of the molecule is Cc1nn(C)cc1CNS(=O)(=O)c1ncccc1N. The number of hydrogen-bond donors (Lipinski definition) is 2. The number of nitrogens with zero attached hydrogens (tertiary/aromatic N) is 3. The third kappa shape index (κ3) is 2.91. The van der Waals surface area contributed by atoms with Crippen LogP contribution >= 0.6 is 0 Å². The fraction of sp³-hybridized carbons (Fsp3) is 0.273. The molecule has 0 radical (unpaired) electrons. The van der Waals surface area contributed by atoms with E-state index in [1.165, 1.54) is 12.3 Å². The summed E-state index contributed by atoms with van der Waals surface area (Å²) >= 11 is 0. The molecule has 0 fully saturated rings. The fourth-order valence-electron chi connectivity index (χ4n) is 1.69. The van der Waals surface area contributed by atoms with Crippen LogP contribution in [0.2, 0.25) is 0 Å². The maximum absolute atomic E-state index is 12.1. The van der Waals surface area contributed by atoms with E-state index in [9.17, 15) is 8.42 Å². The zero-order valence-corrected chi connectivity index (χ0v) is 11.5. The van der Waals surface area contributed by atoms with Crippen LogP contribution < -0.4 is 10.5 Å². The summed E-state index contributed by atoms with van der Waals surface area (Å²) in [6, 6.07) is 3.08. The normalized spacial score (nSPS) is 11.7. The predicted octanol–water partition coefficient (Wildman–Crippen LogP) is 0.184. The molecular weight excluding hydrogens is 266 g/mol. The number of hydrogen-bond acceptors (Lipinski definition) is 5. The molecule has 8 heteroatoms. The van der Waals surface area contributed by atoms with Crippen molar-refractivity contribution in [3.05, 3.63) is 35.8 Å². The molecule has 0 saturated carbocycles. The van der Waals surface area contributed by atoms with Crippen LogP contribution in [0.5, 0.6) is 0 Å². The molecule has 0 aromatic carbocycles. The van der Waals surface area contributed by atoms with E-state index in [1.54, 1.807) is 24.0 Å². The second-order valence-corrected chi connectivity index (χ2v) is 5.82. The number of pyridine rings is 1. The molecule has 0 aliphatic carbocycles. The first-order valence-electron chi connectivity index (χ1n) is 5.59. The molecule has 7 nitrogen and oxygen atoms in total. The Kier molecular flexibility index (Phi) is 3.54. The monoisotopic (exact) mass is 281 g/mol. The van der Waals surface area contributed by atoms with Crippen molar-refractivity contribution in [1.29, 1.82) is 0 Å². The quantitative estimate of drug-likeness (QED) is 0.832. The van der Waals surface area contributed by atoms with E-state index in [2.05, 4.69) is 14.8 Å². The number of nitrogens with one attached hydrogen (secondary N) is 1. The van der Waals surface area contributed by atoms with E-state index in [1.807, 2.05) is 6.92 Å². The number of aromatic nitrogens is 3. The second-order valence-electron chi connectivity index (χ2n) is 4.14. The molecular formula is C11H15N5O2S. The van der Waals surface area contributed by atoms with Gasteiger partial charge in [0, 0.05) is 31.5 Å². The van der Waals surface area contributed by atoms with Gasteiger partial charge >= 0.3 is 0 Å². The molecule has 0 saturated heterocycles. The third-order valence-corrected chi connectivity index (χ3v) is 4.00. The highest BCUT2D eigenvalue weighted by atomic mass is 32.2. The number of nitrogen functional groups attached to an aromatic ring is 1. The molecule has 2 aromatic rings. The minimum atomic E-state index is -3.72. The Hall–Kier alpha value is -1.93. The Morgan fingerprint density at radius 2 is 2.21 bits per heavy atom. The Morgan fingerprint density at radius 1 is 1.47 bits per heavy atom. The minimum Gasteiger partial charge on any atom is -0.396 e. The molecule has 0 bridgehead atoms. The molecule has 0 aliphatic rings. The van der Waals surface area contributed by atoms with Crippen LogP contribution in [0.3, 0.4) is 0 Å². The number of rotatable bonds is 4. The summed E-state index contributed by atoms with van der Waals surface area (Å²) in [4.78, 5) is 3.79. The fourth-order valence-corrected chi connectivity index (χ4v) is 2.75. The van der Waals surface area contributed by atoms with E-state index in [0.29, 0.717) is 0 Å². The molecule has 2 rings (SSSR count). The van der Waals surface area contributed by atoms with Crippen molar-refractivity contribution in [1.82, 2.24) is 19.5 Å². The Bertz CT molecular complexity index is 693. The Morgan fingerprint density at radius 3 is 2.79 bits per heavy atom. The average Bonchev–Trinajstić information content (AvgIpc) is 2.66. The molecule has 3 N–H and O–H groups in total. The van der Waals surface area contributed by atoms with Gasteiger partial charge in [0.2, 0.25) is 0 Å². The number of aryl methyl sites for hydroxylation is 2. The maximum Gasteiger partial charge on any atom is 0.260 e. The minimum absolute atomic E-state index is 0.123. The average molecular weight is 281 g/mol. The number of sulfonamides is 1. The molecule has 2 heterocycles. The van der Waals surface area contributed by atoms with Gasteiger partial charge in [0.25, 0.3) is 10.0 Å². The molecule has 0 unspecified atom stereocenters. The van der Waals surface area contributed by atoms with Gasteiger partial charge in [0.1, 0.15) is 0 Å². The molecule has 0 spiro atoms. The van der Waals surface area contributed by atoms with Crippen LogP contribution in [0.1, 0.15) is 11.3 Å². The smallest absolute Gasteiger partial charge is 0.260 e. The summed E-state index contributed by atoms with van der Waals surface area (Å²) < 4.78 is 28.2. The lowest BCUT2D eigenvalue weighted by Crippen LogP contribution is -2.25. The topological polar surface area (TPSA) is 103 Å². The third-order valence-electron chi connectivity index (χ3n) is 2.62. The highest BCUT2D eigenvalue weighted by Crippen LogP contribution is 2.14. The summed E-state index contributed by atoms with van der Waals surface area (Å²) in [6.07, 6.45) is 3.15. The van der Waals surface area contributed by atoms with Crippen molar-refractivity contribution < 1.29 is 8.42 Å². The van der Waals surface area contributed by atoms with E-state index in [4.69, 9.17) is 5.73 Å². The number of anilines is 1. The first-order chi connectivity index (χ1) is 8.90. The van der Waals surface area contributed by atoms with Gasteiger partial charge in [-0.25, -0.2) is 18.1 Å². The lowest BCUT2D eigenvalue weighted by molar-refractivity contribution is 0.578. The zero-order chi connectivity index (χ0) is 14.0. The summed E-state index contributed by atoms with van der Waals surface area (Å²) in [5, 5.41) is 3.99. The van der Waals surface area contributed by atoms with Gasteiger partial charge in [-0.15, -0.1) is 0 Å². The van der Waals surface area contributed by atoms with Crippen LogP contribution in [0.25, 0.3) is 0 Å². The molecule has 19 heavy (non-hydrogen) atoms. The standard InChI is InChI=1S/C11H15N5O2S/c1-8-9(7-16(2)15-8)6-14-19(17,18)11-10(12)4-3-5-13-11/h3-5,7,14H,6,12H2,1-2H3. The van der Waals surface area contributed by atoms with Crippen LogP contribution in [-0.2, 0) is 23.6 Å². The van der Waals surface area contributed by atoms with Crippen LogP contribution in [0.15, 0.2) is 29.6 Å². The summed E-state index contributed by atoms with van der Waals surface area (Å²) in [6.45, 7) is 1.97. The lowest BCUT2D eigenvalue weighted by atomic mass is 10.3.